The summed E-state index contributed by atoms with van der Waals surface area (Å²) in [7, 11) is 0. The molecule has 1 unspecified atom stereocenters. The second kappa shape index (κ2) is 10.3. The van der Waals surface area contributed by atoms with Crippen LogP contribution in [0, 0.1) is 0 Å². The number of nitrogens with one attached hydrogen (secondary N) is 2. The smallest absolute Gasteiger partial charge is 0.329 e. The molecule has 0 aromatic rings. The van der Waals surface area contributed by atoms with Crippen molar-refractivity contribution < 1.29 is 9.53 Å². The first-order valence-electron chi connectivity index (χ1n) is 7.05. The van der Waals surface area contributed by atoms with Crippen molar-refractivity contribution in [2.75, 3.05) is 13.1 Å². The minimum Gasteiger partial charge on any atom is -0.458 e. The van der Waals surface area contributed by atoms with Gasteiger partial charge in [-0.3, -0.25) is 0 Å². The molecule has 2 N–H and O–H groups in total. The molecule has 0 heterocycles. The molecule has 0 radical (unpaired) electrons. The molecule has 0 saturated heterocycles. The normalized spacial score (nSPS) is 12.8. The maximum atomic E-state index is 12.1. The molecule has 0 rings (SSSR count). The summed E-state index contributed by atoms with van der Waals surface area (Å²) in [6, 6.07) is -0.304. The molecule has 114 valence electrons. The third-order valence-electron chi connectivity index (χ3n) is 2.39. The van der Waals surface area contributed by atoms with Gasteiger partial charge in [-0.05, 0) is 59.4 Å². The minimum atomic E-state index is -0.458. The monoisotopic (exact) mass is 280 g/mol. The summed E-state index contributed by atoms with van der Waals surface area (Å²) in [6.45, 7) is 12.6. The Kier molecular flexibility index (Phi) is 9.52. The Labute approximate surface area is 123 Å². The molecular formula is C16H28N2O2. The summed E-state index contributed by atoms with van der Waals surface area (Å²) in [6.07, 6.45) is 7.10. The molecule has 0 aliphatic carbocycles. The number of carbonyl (C=O) groups excluding carboxylic acids is 1. The standard InChI is InChI=1S/C16H28N2O2/c1-6-8-12-17-13-9-10-14(18-11-7-2)15(19)20-16(3,4)5/h7-8,11,14,17-18H,1,9-10,12-13H2,2-5H3. The van der Waals surface area contributed by atoms with Crippen LogP contribution < -0.4 is 10.6 Å². The van der Waals surface area contributed by atoms with Gasteiger partial charge in [-0.25, -0.2) is 4.79 Å². The van der Waals surface area contributed by atoms with Gasteiger partial charge in [-0.1, -0.05) is 12.7 Å². The zero-order chi connectivity index (χ0) is 15.4. The highest BCUT2D eigenvalue weighted by molar-refractivity contribution is 5.76. The summed E-state index contributed by atoms with van der Waals surface area (Å²) in [5.41, 5.74) is 2.25. The number of hydrogen-bond acceptors (Lipinski definition) is 4. The molecular weight excluding hydrogens is 252 g/mol. The van der Waals surface area contributed by atoms with Crippen molar-refractivity contribution in [1.82, 2.24) is 10.6 Å². The fourth-order valence-corrected chi connectivity index (χ4v) is 1.53. The summed E-state index contributed by atoms with van der Waals surface area (Å²) in [4.78, 5) is 12.1. The van der Waals surface area contributed by atoms with Gasteiger partial charge < -0.3 is 15.4 Å². The molecule has 0 aliphatic heterocycles. The summed E-state index contributed by atoms with van der Waals surface area (Å²) >= 11 is 0. The van der Waals surface area contributed by atoms with Crippen LogP contribution in [0.1, 0.15) is 40.5 Å². The van der Waals surface area contributed by atoms with E-state index in [1.807, 2.05) is 39.8 Å². The van der Waals surface area contributed by atoms with E-state index in [0.717, 1.165) is 25.9 Å². The average Bonchev–Trinajstić information content (AvgIpc) is 2.34. The van der Waals surface area contributed by atoms with Gasteiger partial charge in [0.25, 0.3) is 0 Å². The molecule has 1 atom stereocenters. The van der Waals surface area contributed by atoms with Crippen molar-refractivity contribution in [3.63, 3.8) is 0 Å². The average molecular weight is 280 g/mol. The van der Waals surface area contributed by atoms with Crippen molar-refractivity contribution in [2.24, 2.45) is 0 Å². The van der Waals surface area contributed by atoms with Crippen LogP contribution in [-0.4, -0.2) is 30.7 Å². The van der Waals surface area contributed by atoms with Crippen LogP contribution in [0.2, 0.25) is 0 Å². The van der Waals surface area contributed by atoms with Gasteiger partial charge in [-0.2, -0.15) is 0 Å². The first-order valence-corrected chi connectivity index (χ1v) is 7.05. The Morgan fingerprint density at radius 1 is 1.45 bits per heavy atom. The summed E-state index contributed by atoms with van der Waals surface area (Å²) in [5, 5.41) is 6.31. The van der Waals surface area contributed by atoms with E-state index in [2.05, 4.69) is 22.9 Å². The Hall–Kier alpha value is -1.51. The second-order valence-electron chi connectivity index (χ2n) is 5.51. The van der Waals surface area contributed by atoms with Crippen LogP contribution in [0.25, 0.3) is 0 Å². The topological polar surface area (TPSA) is 50.4 Å². The lowest BCUT2D eigenvalue weighted by Crippen LogP contribution is -2.39. The van der Waals surface area contributed by atoms with Crippen molar-refractivity contribution in [1.29, 1.82) is 0 Å². The fraction of sp³-hybridized carbons (Fsp3) is 0.625. The summed E-state index contributed by atoms with van der Waals surface area (Å²) in [5.74, 6) is -0.207. The van der Waals surface area contributed by atoms with E-state index in [-0.39, 0.29) is 12.0 Å². The van der Waals surface area contributed by atoms with Crippen molar-refractivity contribution in [2.45, 2.75) is 52.2 Å². The highest BCUT2D eigenvalue weighted by Crippen LogP contribution is 2.10. The van der Waals surface area contributed by atoms with Gasteiger partial charge >= 0.3 is 5.97 Å². The maximum Gasteiger partial charge on any atom is 0.329 e. The minimum absolute atomic E-state index is 0.207. The number of allylic oxidation sites excluding steroid dienone is 1. The number of carbonyl (C=O) groups is 1. The van der Waals surface area contributed by atoms with Gasteiger partial charge in [0.05, 0.1) is 0 Å². The van der Waals surface area contributed by atoms with Crippen LogP contribution in [0.5, 0.6) is 0 Å². The van der Waals surface area contributed by atoms with E-state index in [0.29, 0.717) is 0 Å². The number of hydrogen-bond donors (Lipinski definition) is 2. The predicted molar refractivity (Wildman–Crippen MR) is 83.4 cm³/mol. The molecule has 0 saturated carbocycles. The molecule has 4 heteroatoms. The molecule has 4 nitrogen and oxygen atoms in total. The first-order chi connectivity index (χ1) is 9.40. The van der Waals surface area contributed by atoms with Crippen LogP contribution >= 0.6 is 0 Å². The molecule has 0 aromatic carbocycles. The van der Waals surface area contributed by atoms with E-state index in [1.54, 1.807) is 6.20 Å². The van der Waals surface area contributed by atoms with Crippen molar-refractivity contribution >= 4 is 5.97 Å². The van der Waals surface area contributed by atoms with Gasteiger partial charge in [-0.15, -0.1) is 5.73 Å². The third kappa shape index (κ3) is 10.4. The molecule has 0 bridgehead atoms. The van der Waals surface area contributed by atoms with Gasteiger partial charge in [0, 0.05) is 6.54 Å². The number of rotatable bonds is 9. The first kappa shape index (κ1) is 18.5. The highest BCUT2D eigenvalue weighted by atomic mass is 16.6. The molecule has 0 spiro atoms. The van der Waals surface area contributed by atoms with Crippen LogP contribution in [0.15, 0.2) is 30.7 Å². The van der Waals surface area contributed by atoms with Crippen molar-refractivity contribution in [3.05, 3.63) is 30.7 Å². The summed E-state index contributed by atoms with van der Waals surface area (Å²) < 4.78 is 5.41. The Morgan fingerprint density at radius 2 is 2.15 bits per heavy atom. The second-order valence-corrected chi connectivity index (χ2v) is 5.51. The Morgan fingerprint density at radius 3 is 2.70 bits per heavy atom. The van der Waals surface area contributed by atoms with Crippen LogP contribution in [-0.2, 0) is 9.53 Å². The van der Waals surface area contributed by atoms with Gasteiger partial charge in [0.2, 0.25) is 0 Å². The highest BCUT2D eigenvalue weighted by Gasteiger charge is 2.23. The van der Waals surface area contributed by atoms with Gasteiger partial charge in [0.1, 0.15) is 11.6 Å². The van der Waals surface area contributed by atoms with E-state index < -0.39 is 5.60 Å². The zero-order valence-corrected chi connectivity index (χ0v) is 13.2. The van der Waals surface area contributed by atoms with Crippen LogP contribution in [0.4, 0.5) is 0 Å². The zero-order valence-electron chi connectivity index (χ0n) is 13.2. The Balaban J connectivity index is 4.20. The molecule has 0 aliphatic rings. The molecule has 20 heavy (non-hydrogen) atoms. The van der Waals surface area contributed by atoms with Crippen molar-refractivity contribution in [3.8, 4) is 0 Å². The predicted octanol–water partition coefficient (Wildman–Crippen LogP) is 2.53. The number of ether oxygens (including phenoxy) is 1. The molecule has 0 amide bonds. The lowest BCUT2D eigenvalue weighted by atomic mass is 10.1. The van der Waals surface area contributed by atoms with E-state index in [4.69, 9.17) is 4.74 Å². The van der Waals surface area contributed by atoms with E-state index >= 15 is 0 Å². The fourth-order valence-electron chi connectivity index (χ4n) is 1.53. The van der Waals surface area contributed by atoms with Crippen LogP contribution in [0.3, 0.4) is 0 Å². The molecule has 0 aromatic heterocycles. The lowest BCUT2D eigenvalue weighted by molar-refractivity contribution is -0.157. The number of esters is 1. The molecule has 0 fully saturated rings. The van der Waals surface area contributed by atoms with Gasteiger partial charge in [0.15, 0.2) is 0 Å². The quantitative estimate of drug-likeness (QED) is 0.387. The lowest BCUT2D eigenvalue weighted by Gasteiger charge is -2.24. The third-order valence-corrected chi connectivity index (χ3v) is 2.39. The van der Waals surface area contributed by atoms with E-state index in [1.165, 1.54) is 0 Å². The largest absolute Gasteiger partial charge is 0.458 e. The Bertz CT molecular complexity index is 350. The SMILES string of the molecule is C=C=CCNCCCC(NC=CC)C(=O)OC(C)(C)C. The van der Waals surface area contributed by atoms with E-state index in [9.17, 15) is 4.79 Å². The maximum absolute atomic E-state index is 12.1.